The van der Waals surface area contributed by atoms with Gasteiger partial charge in [0, 0.05) is 19.0 Å². The summed E-state index contributed by atoms with van der Waals surface area (Å²) in [5.41, 5.74) is 5.26. The number of hydrogen-bond donors (Lipinski definition) is 3. The Morgan fingerprint density at radius 2 is 2.12 bits per heavy atom. The summed E-state index contributed by atoms with van der Waals surface area (Å²) in [7, 11) is -2.89. The quantitative estimate of drug-likeness (QED) is 0.440. The van der Waals surface area contributed by atoms with Crippen molar-refractivity contribution in [1.82, 2.24) is 9.03 Å². The molecule has 8 nitrogen and oxygen atoms in total. The lowest BCUT2D eigenvalue weighted by atomic mass is 10.1. The van der Waals surface area contributed by atoms with Crippen LogP contribution in [0.3, 0.4) is 0 Å². The summed E-state index contributed by atoms with van der Waals surface area (Å²) >= 11 is 0. The first-order chi connectivity index (χ1) is 7.74. The van der Waals surface area contributed by atoms with E-state index in [-0.39, 0.29) is 18.9 Å². The number of amidine groups is 1. The number of carbonyl (C=O) groups excluding carboxylic acids is 1. The van der Waals surface area contributed by atoms with Crippen molar-refractivity contribution in [2.75, 3.05) is 20.2 Å². The minimum absolute atomic E-state index is 0.0260. The van der Waals surface area contributed by atoms with Gasteiger partial charge in [-0.15, -0.1) is 0 Å². The molecule has 0 aliphatic heterocycles. The maximum absolute atomic E-state index is 11.7. The van der Waals surface area contributed by atoms with Crippen LogP contribution in [-0.4, -0.2) is 44.9 Å². The molecule has 1 unspecified atom stereocenters. The molecule has 100 valence electrons. The lowest BCUT2D eigenvalue weighted by Gasteiger charge is -2.22. The molecule has 0 radical (unpaired) electrons. The van der Waals surface area contributed by atoms with Crippen LogP contribution in [0, 0.1) is 11.3 Å². The van der Waals surface area contributed by atoms with E-state index in [2.05, 4.69) is 4.74 Å². The van der Waals surface area contributed by atoms with Crippen LogP contribution < -0.4 is 10.5 Å². The first-order valence-corrected chi connectivity index (χ1v) is 6.38. The fraction of sp³-hybridized carbons (Fsp3) is 0.750. The second-order valence-corrected chi connectivity index (χ2v) is 5.08. The fourth-order valence-corrected chi connectivity index (χ4v) is 2.20. The zero-order valence-electron chi connectivity index (χ0n) is 10.1. The van der Waals surface area contributed by atoms with Gasteiger partial charge in [-0.05, 0) is 0 Å². The number of carbonyl (C=O) groups is 1. The molecule has 0 saturated carbocycles. The van der Waals surface area contributed by atoms with E-state index in [0.29, 0.717) is 0 Å². The summed E-state index contributed by atoms with van der Waals surface area (Å²) in [5, 5.41) is 7.20. The van der Waals surface area contributed by atoms with Crippen molar-refractivity contribution in [2.45, 2.75) is 13.8 Å². The van der Waals surface area contributed by atoms with Crippen molar-refractivity contribution >= 4 is 22.1 Å². The van der Waals surface area contributed by atoms with Gasteiger partial charge in [0.25, 0.3) is 0 Å². The second kappa shape index (κ2) is 6.40. The number of nitrogens with two attached hydrogens (primary N) is 1. The summed E-state index contributed by atoms with van der Waals surface area (Å²) < 4.78 is 30.3. The Kier molecular flexibility index (Phi) is 5.89. The SMILES string of the molecule is CCN(CC(C)C(=N)N)S(=O)(=O)NC(=O)OC. The summed E-state index contributed by atoms with van der Waals surface area (Å²) in [4.78, 5) is 10.9. The van der Waals surface area contributed by atoms with Gasteiger partial charge in [-0.2, -0.15) is 12.7 Å². The van der Waals surface area contributed by atoms with Gasteiger partial charge in [0.15, 0.2) is 0 Å². The molecule has 0 aliphatic rings. The molecule has 17 heavy (non-hydrogen) atoms. The molecule has 4 N–H and O–H groups in total. The number of rotatable bonds is 6. The summed E-state index contributed by atoms with van der Waals surface area (Å²) in [6.45, 7) is 3.42. The molecule has 9 heteroatoms. The van der Waals surface area contributed by atoms with Gasteiger partial charge in [-0.25, -0.2) is 9.52 Å². The smallest absolute Gasteiger partial charge is 0.421 e. The number of nitrogens with zero attached hydrogens (tertiary/aromatic N) is 1. The molecule has 0 rings (SSSR count). The van der Waals surface area contributed by atoms with Crippen LogP contribution in [0.25, 0.3) is 0 Å². The van der Waals surface area contributed by atoms with E-state index in [1.807, 2.05) is 0 Å². The lowest BCUT2D eigenvalue weighted by Crippen LogP contribution is -2.46. The van der Waals surface area contributed by atoms with E-state index in [1.165, 1.54) is 0 Å². The highest BCUT2D eigenvalue weighted by Gasteiger charge is 2.25. The minimum Gasteiger partial charge on any atom is -0.452 e. The topological polar surface area (TPSA) is 126 Å². The van der Waals surface area contributed by atoms with Gasteiger partial charge in [-0.1, -0.05) is 13.8 Å². The standard InChI is InChI=1S/C8H18N4O4S/c1-4-12(5-6(2)7(9)10)17(14,15)11-8(13)16-3/h6H,4-5H2,1-3H3,(H3,9,10)(H,11,13). The monoisotopic (exact) mass is 266 g/mol. The first-order valence-electron chi connectivity index (χ1n) is 4.94. The van der Waals surface area contributed by atoms with Gasteiger partial charge in [0.1, 0.15) is 0 Å². The molecule has 0 bridgehead atoms. The van der Waals surface area contributed by atoms with Crippen LogP contribution in [-0.2, 0) is 14.9 Å². The van der Waals surface area contributed by atoms with Crippen LogP contribution in [0.15, 0.2) is 0 Å². The Bertz CT molecular complexity index is 381. The van der Waals surface area contributed by atoms with Crippen molar-refractivity contribution in [2.24, 2.45) is 11.7 Å². The summed E-state index contributed by atoms with van der Waals surface area (Å²) in [5.74, 6) is -0.541. The van der Waals surface area contributed by atoms with E-state index in [9.17, 15) is 13.2 Å². The Balaban J connectivity index is 4.75. The van der Waals surface area contributed by atoms with Crippen molar-refractivity contribution in [1.29, 1.82) is 5.41 Å². The largest absolute Gasteiger partial charge is 0.452 e. The normalized spacial score (nSPS) is 13.2. The molecule has 0 spiro atoms. The Labute approximate surface area is 101 Å². The van der Waals surface area contributed by atoms with Crippen molar-refractivity contribution in [3.05, 3.63) is 0 Å². The predicted octanol–water partition coefficient (Wildman–Crippen LogP) is -0.519. The van der Waals surface area contributed by atoms with Crippen molar-refractivity contribution < 1.29 is 17.9 Å². The van der Waals surface area contributed by atoms with Gasteiger partial charge in [0.05, 0.1) is 12.9 Å². The summed E-state index contributed by atoms with van der Waals surface area (Å²) in [6.07, 6.45) is -1.06. The maximum Gasteiger partial charge on any atom is 0.421 e. The first kappa shape index (κ1) is 15.7. The Morgan fingerprint density at radius 1 is 1.59 bits per heavy atom. The molecule has 0 aromatic heterocycles. The number of methoxy groups -OCH3 is 1. The van der Waals surface area contributed by atoms with Crippen molar-refractivity contribution in [3.8, 4) is 0 Å². The van der Waals surface area contributed by atoms with E-state index in [1.54, 1.807) is 18.6 Å². The zero-order chi connectivity index (χ0) is 13.6. The molecular weight excluding hydrogens is 248 g/mol. The minimum atomic E-state index is -3.96. The average molecular weight is 266 g/mol. The van der Waals surface area contributed by atoms with E-state index in [0.717, 1.165) is 11.4 Å². The molecule has 1 amide bonds. The fourth-order valence-electron chi connectivity index (χ4n) is 1.01. The highest BCUT2D eigenvalue weighted by molar-refractivity contribution is 7.87. The van der Waals surface area contributed by atoms with Crippen LogP contribution in [0.4, 0.5) is 4.79 Å². The molecule has 1 atom stereocenters. The molecular formula is C8H18N4O4S. The zero-order valence-corrected chi connectivity index (χ0v) is 10.9. The van der Waals surface area contributed by atoms with Gasteiger partial charge >= 0.3 is 16.3 Å². The maximum atomic E-state index is 11.7. The van der Waals surface area contributed by atoms with E-state index in [4.69, 9.17) is 11.1 Å². The summed E-state index contributed by atoms with van der Waals surface area (Å²) in [6, 6.07) is 0. The Morgan fingerprint density at radius 3 is 2.47 bits per heavy atom. The number of hydrogen-bond acceptors (Lipinski definition) is 5. The average Bonchev–Trinajstić information content (AvgIpc) is 2.23. The molecule has 0 saturated heterocycles. The van der Waals surface area contributed by atoms with E-state index >= 15 is 0 Å². The third-order valence-electron chi connectivity index (χ3n) is 2.10. The lowest BCUT2D eigenvalue weighted by molar-refractivity contribution is 0.177. The van der Waals surface area contributed by atoms with Gasteiger partial charge in [0.2, 0.25) is 0 Å². The molecule has 0 fully saturated rings. The molecule has 0 aliphatic carbocycles. The highest BCUT2D eigenvalue weighted by Crippen LogP contribution is 2.04. The highest BCUT2D eigenvalue weighted by atomic mass is 32.2. The van der Waals surface area contributed by atoms with Crippen LogP contribution in [0.1, 0.15) is 13.8 Å². The molecule has 0 heterocycles. The van der Waals surface area contributed by atoms with Crippen LogP contribution in [0.5, 0.6) is 0 Å². The van der Waals surface area contributed by atoms with Gasteiger partial charge < -0.3 is 10.5 Å². The van der Waals surface area contributed by atoms with Gasteiger partial charge in [-0.3, -0.25) is 5.41 Å². The molecule has 0 aromatic carbocycles. The number of ether oxygens (including phenoxy) is 1. The second-order valence-electron chi connectivity index (χ2n) is 3.41. The van der Waals surface area contributed by atoms with Crippen molar-refractivity contribution in [3.63, 3.8) is 0 Å². The van der Waals surface area contributed by atoms with Crippen LogP contribution >= 0.6 is 0 Å². The number of nitrogens with one attached hydrogen (secondary N) is 2. The Hall–Kier alpha value is -1.35. The van der Waals surface area contributed by atoms with E-state index < -0.39 is 22.2 Å². The number of amides is 1. The van der Waals surface area contributed by atoms with Crippen LogP contribution in [0.2, 0.25) is 0 Å². The molecule has 0 aromatic rings. The third kappa shape index (κ3) is 5.00. The third-order valence-corrected chi connectivity index (χ3v) is 3.61. The predicted molar refractivity (Wildman–Crippen MR) is 62.8 cm³/mol.